The van der Waals surface area contributed by atoms with Crippen LogP contribution in [-0.2, 0) is 19.6 Å². The summed E-state index contributed by atoms with van der Waals surface area (Å²) in [5, 5.41) is 11.3. The van der Waals surface area contributed by atoms with Crippen LogP contribution >= 0.6 is 23.2 Å². The van der Waals surface area contributed by atoms with Crippen LogP contribution in [0.3, 0.4) is 0 Å². The quantitative estimate of drug-likeness (QED) is 0.379. The third-order valence-electron chi connectivity index (χ3n) is 5.15. The minimum atomic E-state index is 0.400. The SMILES string of the molecule is N#Cc1cccc(COc2ccc3c(c2)c(CCN)cn3Cc2ccc(Cl)c(Cl)c2)c1. The molecule has 0 saturated heterocycles. The third-order valence-corrected chi connectivity index (χ3v) is 5.89. The molecule has 4 rings (SSSR count). The Morgan fingerprint density at radius 2 is 1.84 bits per heavy atom. The number of aromatic nitrogens is 1. The minimum absolute atomic E-state index is 0.400. The lowest BCUT2D eigenvalue weighted by atomic mass is 10.1. The number of hydrogen-bond acceptors (Lipinski definition) is 3. The molecule has 0 saturated carbocycles. The van der Waals surface area contributed by atoms with Gasteiger partial charge in [-0.3, -0.25) is 0 Å². The Morgan fingerprint density at radius 1 is 0.968 bits per heavy atom. The number of hydrogen-bond donors (Lipinski definition) is 1. The monoisotopic (exact) mass is 449 g/mol. The fourth-order valence-corrected chi connectivity index (χ4v) is 3.98. The number of benzene rings is 3. The summed E-state index contributed by atoms with van der Waals surface area (Å²) in [5.41, 5.74) is 10.8. The molecule has 6 heteroatoms. The lowest BCUT2D eigenvalue weighted by Gasteiger charge is -2.09. The first-order chi connectivity index (χ1) is 15.1. The smallest absolute Gasteiger partial charge is 0.120 e. The summed E-state index contributed by atoms with van der Waals surface area (Å²) in [6, 6.07) is 21.4. The van der Waals surface area contributed by atoms with Gasteiger partial charge in [0.2, 0.25) is 0 Å². The number of rotatable bonds is 7. The van der Waals surface area contributed by atoms with Crippen molar-refractivity contribution in [3.8, 4) is 11.8 Å². The average Bonchev–Trinajstić information content (AvgIpc) is 3.12. The molecule has 1 aromatic heterocycles. The molecular weight excluding hydrogens is 429 g/mol. The van der Waals surface area contributed by atoms with Crippen LogP contribution in [0.25, 0.3) is 10.9 Å². The Morgan fingerprint density at radius 3 is 2.61 bits per heavy atom. The van der Waals surface area contributed by atoms with Crippen molar-refractivity contribution in [3.63, 3.8) is 0 Å². The van der Waals surface area contributed by atoms with Crippen LogP contribution in [0.2, 0.25) is 10.0 Å². The Balaban J connectivity index is 1.61. The van der Waals surface area contributed by atoms with Crippen LogP contribution in [0.5, 0.6) is 5.75 Å². The van der Waals surface area contributed by atoms with Crippen molar-refractivity contribution in [3.05, 3.63) is 99.2 Å². The molecule has 0 fully saturated rings. The van der Waals surface area contributed by atoms with Gasteiger partial charge in [0.05, 0.1) is 21.7 Å². The molecule has 4 nitrogen and oxygen atoms in total. The molecule has 1 heterocycles. The molecule has 156 valence electrons. The summed E-state index contributed by atoms with van der Waals surface area (Å²) in [7, 11) is 0. The topological polar surface area (TPSA) is 64.0 Å². The molecule has 0 radical (unpaired) electrons. The zero-order valence-electron chi connectivity index (χ0n) is 16.8. The molecule has 0 atom stereocenters. The van der Waals surface area contributed by atoms with E-state index in [1.165, 1.54) is 5.56 Å². The zero-order valence-corrected chi connectivity index (χ0v) is 18.3. The van der Waals surface area contributed by atoms with E-state index in [9.17, 15) is 0 Å². The van der Waals surface area contributed by atoms with Gasteiger partial charge in [0, 0.05) is 23.6 Å². The summed E-state index contributed by atoms with van der Waals surface area (Å²) < 4.78 is 8.20. The molecule has 0 aliphatic rings. The van der Waals surface area contributed by atoms with E-state index in [1.807, 2.05) is 42.5 Å². The molecule has 0 unspecified atom stereocenters. The van der Waals surface area contributed by atoms with Gasteiger partial charge in [-0.25, -0.2) is 0 Å². The van der Waals surface area contributed by atoms with Gasteiger partial charge >= 0.3 is 0 Å². The Labute approximate surface area is 191 Å². The number of ether oxygens (including phenoxy) is 1. The normalized spacial score (nSPS) is 10.9. The molecule has 2 N–H and O–H groups in total. The number of nitrogens with two attached hydrogens (primary N) is 1. The summed E-state index contributed by atoms with van der Waals surface area (Å²) in [6.07, 6.45) is 2.92. The van der Waals surface area contributed by atoms with Gasteiger partial charge in [-0.15, -0.1) is 0 Å². The van der Waals surface area contributed by atoms with Crippen molar-refractivity contribution in [2.24, 2.45) is 5.73 Å². The highest BCUT2D eigenvalue weighted by Gasteiger charge is 2.11. The molecule has 0 spiro atoms. The first-order valence-corrected chi connectivity index (χ1v) is 10.7. The maximum absolute atomic E-state index is 9.07. The molecular formula is C25H21Cl2N3O. The average molecular weight is 450 g/mol. The van der Waals surface area contributed by atoms with Gasteiger partial charge in [0.15, 0.2) is 0 Å². The van der Waals surface area contributed by atoms with E-state index in [2.05, 4.69) is 29.0 Å². The highest BCUT2D eigenvalue weighted by atomic mass is 35.5. The fraction of sp³-hybridized carbons (Fsp3) is 0.160. The first-order valence-electron chi connectivity index (χ1n) is 9.95. The van der Waals surface area contributed by atoms with Gasteiger partial charge in [-0.1, -0.05) is 41.4 Å². The minimum Gasteiger partial charge on any atom is -0.489 e. The molecule has 4 aromatic rings. The van der Waals surface area contributed by atoms with Crippen LogP contribution in [0.4, 0.5) is 0 Å². The van der Waals surface area contributed by atoms with Gasteiger partial charge in [0.25, 0.3) is 0 Å². The lowest BCUT2D eigenvalue weighted by molar-refractivity contribution is 0.306. The zero-order chi connectivity index (χ0) is 21.8. The van der Waals surface area contributed by atoms with Crippen molar-refractivity contribution < 1.29 is 4.74 Å². The van der Waals surface area contributed by atoms with Crippen molar-refractivity contribution in [2.45, 2.75) is 19.6 Å². The van der Waals surface area contributed by atoms with E-state index in [0.717, 1.165) is 34.2 Å². The van der Waals surface area contributed by atoms with E-state index < -0.39 is 0 Å². The maximum atomic E-state index is 9.07. The van der Waals surface area contributed by atoms with Gasteiger partial charge in [-0.05, 0) is 72.1 Å². The van der Waals surface area contributed by atoms with Gasteiger partial charge < -0.3 is 15.0 Å². The number of halogens is 2. The van der Waals surface area contributed by atoms with Crippen LogP contribution in [0.1, 0.15) is 22.3 Å². The van der Waals surface area contributed by atoms with Crippen molar-refractivity contribution in [1.29, 1.82) is 5.26 Å². The predicted molar refractivity (Wildman–Crippen MR) is 126 cm³/mol. The Kier molecular flexibility index (Phi) is 6.48. The molecule has 31 heavy (non-hydrogen) atoms. The Bertz CT molecular complexity index is 1270. The predicted octanol–water partition coefficient (Wildman–Crippen LogP) is 5.95. The second-order valence-corrected chi connectivity index (χ2v) is 8.16. The van der Waals surface area contributed by atoms with Crippen LogP contribution < -0.4 is 10.5 Å². The van der Waals surface area contributed by atoms with E-state index >= 15 is 0 Å². The van der Waals surface area contributed by atoms with Crippen LogP contribution in [0, 0.1) is 11.3 Å². The summed E-state index contributed by atoms with van der Waals surface area (Å²) in [4.78, 5) is 0. The van der Waals surface area contributed by atoms with E-state index in [-0.39, 0.29) is 0 Å². The molecule has 0 aliphatic heterocycles. The standard InChI is InChI=1S/C25H21Cl2N3O/c26-23-6-4-18(11-24(23)27)14-30-15-20(8-9-28)22-12-21(5-7-25(22)30)31-16-19-3-1-2-17(10-19)13-29/h1-7,10-12,15H,8-9,14,16,28H2. The van der Waals surface area contributed by atoms with Gasteiger partial charge in [-0.2, -0.15) is 5.26 Å². The fourth-order valence-electron chi connectivity index (χ4n) is 3.66. The van der Waals surface area contributed by atoms with E-state index in [1.54, 1.807) is 6.07 Å². The van der Waals surface area contributed by atoms with Crippen LogP contribution in [0.15, 0.2) is 66.9 Å². The van der Waals surface area contributed by atoms with E-state index in [4.69, 9.17) is 38.9 Å². The van der Waals surface area contributed by atoms with Crippen molar-refractivity contribution >= 4 is 34.1 Å². The second-order valence-electron chi connectivity index (χ2n) is 7.35. The lowest BCUT2D eigenvalue weighted by Crippen LogP contribution is -2.02. The summed E-state index contributed by atoms with van der Waals surface area (Å²) >= 11 is 12.2. The van der Waals surface area contributed by atoms with Gasteiger partial charge in [0.1, 0.15) is 12.4 Å². The third kappa shape index (κ3) is 4.86. The number of fused-ring (bicyclic) bond motifs is 1. The number of nitrogens with zero attached hydrogens (tertiary/aromatic N) is 2. The maximum Gasteiger partial charge on any atom is 0.120 e. The van der Waals surface area contributed by atoms with E-state index in [0.29, 0.717) is 35.3 Å². The highest BCUT2D eigenvalue weighted by Crippen LogP contribution is 2.29. The molecule has 3 aromatic carbocycles. The molecule has 0 aliphatic carbocycles. The largest absolute Gasteiger partial charge is 0.489 e. The number of nitriles is 1. The van der Waals surface area contributed by atoms with Crippen molar-refractivity contribution in [1.82, 2.24) is 4.57 Å². The molecule has 0 bridgehead atoms. The Hall–Kier alpha value is -2.97. The van der Waals surface area contributed by atoms with Crippen LogP contribution in [-0.4, -0.2) is 11.1 Å². The highest BCUT2D eigenvalue weighted by molar-refractivity contribution is 6.42. The first kappa shape index (κ1) is 21.3. The van der Waals surface area contributed by atoms with Crippen molar-refractivity contribution in [2.75, 3.05) is 6.54 Å². The summed E-state index contributed by atoms with van der Waals surface area (Å²) in [5.74, 6) is 0.778. The summed E-state index contributed by atoms with van der Waals surface area (Å²) in [6.45, 7) is 1.65. The molecule has 0 amide bonds. The second kappa shape index (κ2) is 9.45.